The average molecular weight is 742 g/mol. The lowest BCUT2D eigenvalue weighted by atomic mass is 9.66. The second-order valence-electron chi connectivity index (χ2n) is 15.2. The molecule has 0 saturated heterocycles. The minimum atomic E-state index is -0.701. The second-order valence-corrected chi connectivity index (χ2v) is 15.2. The van der Waals surface area contributed by atoms with Gasteiger partial charge in [-0.25, -0.2) is 4.98 Å². The number of aromatic nitrogens is 5. The summed E-state index contributed by atoms with van der Waals surface area (Å²) in [5, 5.41) is 4.80. The second kappa shape index (κ2) is 11.6. The Morgan fingerprint density at radius 2 is 0.914 bits per heavy atom. The maximum absolute atomic E-state index is 6.77. The minimum Gasteiger partial charge on any atom is -0.457 e. The van der Waals surface area contributed by atoms with Gasteiger partial charge < -0.3 is 9.30 Å². The summed E-state index contributed by atoms with van der Waals surface area (Å²) in [6, 6.07) is 62.4. The van der Waals surface area contributed by atoms with Crippen molar-refractivity contribution in [1.82, 2.24) is 24.1 Å². The van der Waals surface area contributed by atoms with E-state index in [1.165, 1.54) is 21.5 Å². The molecule has 0 fully saturated rings. The molecule has 270 valence electrons. The molecule has 6 nitrogen and oxygen atoms in total. The third kappa shape index (κ3) is 4.08. The summed E-state index contributed by atoms with van der Waals surface area (Å²) in [6.45, 7) is 0. The first-order valence-electron chi connectivity index (χ1n) is 19.6. The number of hydrogen-bond acceptors (Lipinski definition) is 4. The van der Waals surface area contributed by atoms with Crippen molar-refractivity contribution < 1.29 is 4.74 Å². The van der Waals surface area contributed by atoms with E-state index >= 15 is 0 Å². The van der Waals surface area contributed by atoms with Crippen LogP contribution in [0.1, 0.15) is 22.3 Å². The van der Waals surface area contributed by atoms with Crippen molar-refractivity contribution >= 4 is 43.6 Å². The molecule has 2 aliphatic rings. The Bertz CT molecular complexity index is 3240. The summed E-state index contributed by atoms with van der Waals surface area (Å²) in [4.78, 5) is 15.5. The Morgan fingerprint density at radius 3 is 1.52 bits per heavy atom. The maximum atomic E-state index is 6.77. The van der Waals surface area contributed by atoms with Gasteiger partial charge in [0, 0.05) is 56.7 Å². The van der Waals surface area contributed by atoms with E-state index < -0.39 is 5.41 Å². The smallest absolute Gasteiger partial charge is 0.140 e. The molecule has 6 heteroatoms. The quantitative estimate of drug-likeness (QED) is 0.181. The largest absolute Gasteiger partial charge is 0.457 e. The molecular formula is C52H31N5O. The number of nitrogens with zero attached hydrogens (tertiary/aromatic N) is 5. The Morgan fingerprint density at radius 1 is 0.414 bits per heavy atom. The molecule has 0 radical (unpaired) electrons. The summed E-state index contributed by atoms with van der Waals surface area (Å²) < 4.78 is 11.5. The summed E-state index contributed by atoms with van der Waals surface area (Å²) in [5.74, 6) is 2.47. The highest BCUT2D eigenvalue weighted by molar-refractivity contribution is 6.10. The fourth-order valence-electron chi connectivity index (χ4n) is 9.98. The van der Waals surface area contributed by atoms with Crippen LogP contribution in [-0.4, -0.2) is 24.1 Å². The molecule has 6 aromatic carbocycles. The lowest BCUT2D eigenvalue weighted by molar-refractivity contribution is 0.436. The predicted molar refractivity (Wildman–Crippen MR) is 231 cm³/mol. The maximum Gasteiger partial charge on any atom is 0.140 e. The van der Waals surface area contributed by atoms with Crippen LogP contribution in [0.2, 0.25) is 0 Å². The van der Waals surface area contributed by atoms with Gasteiger partial charge in [0.25, 0.3) is 0 Å². The van der Waals surface area contributed by atoms with Gasteiger partial charge in [0.15, 0.2) is 0 Å². The van der Waals surface area contributed by atoms with Gasteiger partial charge in [-0.15, -0.1) is 0 Å². The van der Waals surface area contributed by atoms with E-state index in [4.69, 9.17) is 19.7 Å². The van der Waals surface area contributed by atoms with E-state index in [2.05, 4.69) is 167 Å². The first-order valence-corrected chi connectivity index (χ1v) is 19.6. The highest BCUT2D eigenvalue weighted by atomic mass is 16.5. The number of benzene rings is 6. The van der Waals surface area contributed by atoms with Gasteiger partial charge in [0.2, 0.25) is 0 Å². The Labute approximate surface area is 332 Å². The monoisotopic (exact) mass is 741 g/mol. The fourth-order valence-corrected chi connectivity index (χ4v) is 9.98. The minimum absolute atomic E-state index is 0.701. The van der Waals surface area contributed by atoms with Gasteiger partial charge in [-0.2, -0.15) is 0 Å². The van der Waals surface area contributed by atoms with Crippen LogP contribution in [0.25, 0.3) is 77.8 Å². The number of fused-ring (bicyclic) bond motifs is 15. The molecule has 6 heterocycles. The topological polar surface area (TPSA) is 57.8 Å². The van der Waals surface area contributed by atoms with Gasteiger partial charge in [-0.3, -0.25) is 14.5 Å². The average Bonchev–Trinajstić information content (AvgIpc) is 3.91. The number of pyridine rings is 3. The molecule has 5 aromatic heterocycles. The molecule has 0 amide bonds. The van der Waals surface area contributed by atoms with E-state index in [1.54, 1.807) is 0 Å². The van der Waals surface area contributed by atoms with Crippen molar-refractivity contribution in [3.8, 4) is 45.6 Å². The molecule has 58 heavy (non-hydrogen) atoms. The van der Waals surface area contributed by atoms with E-state index in [0.717, 1.165) is 90.0 Å². The summed E-state index contributed by atoms with van der Waals surface area (Å²) in [7, 11) is 0. The molecule has 0 N–H and O–H groups in total. The first kappa shape index (κ1) is 31.4. The zero-order valence-electron chi connectivity index (χ0n) is 31.0. The molecule has 0 saturated carbocycles. The van der Waals surface area contributed by atoms with Gasteiger partial charge in [0.05, 0.1) is 50.3 Å². The van der Waals surface area contributed by atoms with Crippen LogP contribution in [0.4, 0.5) is 0 Å². The zero-order chi connectivity index (χ0) is 38.0. The van der Waals surface area contributed by atoms with Crippen LogP contribution < -0.4 is 4.74 Å². The first-order chi connectivity index (χ1) is 28.8. The van der Waals surface area contributed by atoms with Crippen molar-refractivity contribution in [1.29, 1.82) is 0 Å². The summed E-state index contributed by atoms with van der Waals surface area (Å²) in [5.41, 5.74) is 12.7. The molecule has 1 spiro atoms. The van der Waals surface area contributed by atoms with E-state index in [-0.39, 0.29) is 0 Å². The van der Waals surface area contributed by atoms with Crippen LogP contribution in [0.5, 0.6) is 11.5 Å². The summed E-state index contributed by atoms with van der Waals surface area (Å²) in [6.07, 6.45) is 3.72. The summed E-state index contributed by atoms with van der Waals surface area (Å²) >= 11 is 0. The number of rotatable bonds is 3. The Kier molecular flexibility index (Phi) is 6.28. The van der Waals surface area contributed by atoms with Gasteiger partial charge >= 0.3 is 0 Å². The number of hydrogen-bond donors (Lipinski definition) is 0. The van der Waals surface area contributed by atoms with Crippen molar-refractivity contribution in [2.24, 2.45) is 0 Å². The molecule has 0 atom stereocenters. The van der Waals surface area contributed by atoms with Crippen LogP contribution in [-0.2, 0) is 5.41 Å². The Hall–Kier alpha value is -7.83. The van der Waals surface area contributed by atoms with Crippen LogP contribution in [0.3, 0.4) is 0 Å². The predicted octanol–water partition coefficient (Wildman–Crippen LogP) is 12.2. The zero-order valence-corrected chi connectivity index (χ0v) is 31.0. The third-order valence-corrected chi connectivity index (χ3v) is 12.3. The normalized spacial score (nSPS) is 13.4. The van der Waals surface area contributed by atoms with Gasteiger partial charge in [-0.1, -0.05) is 103 Å². The molecule has 0 bridgehead atoms. The van der Waals surface area contributed by atoms with Gasteiger partial charge in [-0.05, 0) is 77.9 Å². The van der Waals surface area contributed by atoms with Crippen molar-refractivity contribution in [2.75, 3.05) is 0 Å². The van der Waals surface area contributed by atoms with E-state index in [0.29, 0.717) is 0 Å². The highest BCUT2D eigenvalue weighted by Gasteiger charge is 2.52. The third-order valence-electron chi connectivity index (χ3n) is 12.3. The van der Waals surface area contributed by atoms with E-state index in [1.807, 2.05) is 30.6 Å². The van der Waals surface area contributed by atoms with Crippen molar-refractivity contribution in [2.45, 2.75) is 5.41 Å². The molecule has 11 aromatic rings. The lowest BCUT2D eigenvalue weighted by Gasteiger charge is -2.39. The molecular weight excluding hydrogens is 711 g/mol. The number of para-hydroxylation sites is 5. The molecule has 1 aliphatic heterocycles. The standard InChI is InChI=1S/C52H31N5O/c1-6-20-43-34(13-1)35-14-2-7-21-44(35)56(43)33-30-42(55-49(31-33)57-45-22-8-3-15-36(45)37-16-4-9-23-46(37)57)32-25-26-48-41(29-32)52(38-17-5-10-24-47(38)58-48)39-18-11-27-53-50(39)51-40(52)19-12-28-54-51/h1-31H. The van der Waals surface area contributed by atoms with Crippen LogP contribution >= 0.6 is 0 Å². The van der Waals surface area contributed by atoms with Crippen molar-refractivity contribution in [3.63, 3.8) is 0 Å². The number of ether oxygens (including phenoxy) is 1. The lowest BCUT2D eigenvalue weighted by Crippen LogP contribution is -2.32. The SMILES string of the molecule is c1ccc2c(c1)Oc1ccc(-c3cc(-n4c5ccccc5c5ccccc54)cc(-n4c5ccccc5c5ccccc54)n3)cc1C21c2cccnc2-c2ncccc21. The van der Waals surface area contributed by atoms with E-state index in [9.17, 15) is 0 Å². The molecule has 1 aliphatic carbocycles. The molecule has 0 unspecified atom stereocenters. The molecule has 13 rings (SSSR count). The van der Waals surface area contributed by atoms with Gasteiger partial charge in [0.1, 0.15) is 17.3 Å². The highest BCUT2D eigenvalue weighted by Crippen LogP contribution is 2.61. The fraction of sp³-hybridized carbons (Fsp3) is 0.0192. The van der Waals surface area contributed by atoms with Crippen molar-refractivity contribution in [3.05, 3.63) is 211 Å². The van der Waals surface area contributed by atoms with Crippen LogP contribution in [0.15, 0.2) is 188 Å². The van der Waals surface area contributed by atoms with Crippen LogP contribution in [0, 0.1) is 0 Å². The Balaban J connectivity index is 1.13.